The van der Waals surface area contributed by atoms with Gasteiger partial charge < -0.3 is 25.2 Å². The van der Waals surface area contributed by atoms with Gasteiger partial charge in [-0.05, 0) is 41.6 Å². The topological polar surface area (TPSA) is 133 Å². The minimum absolute atomic E-state index is 0.00880. The number of aliphatic hydroxyl groups excluding tert-OH is 1. The SMILES string of the molecule is C[C@@](CO)(C[C@@H](Cc1ccc(-c2ccccc2)cc1)NC(=O)c1cc(O)no1)C(=O)O. The second-order valence-electron chi connectivity index (χ2n) is 7.71. The Morgan fingerprint density at radius 3 is 2.29 bits per heavy atom. The first-order valence-electron chi connectivity index (χ1n) is 9.76. The molecule has 0 aliphatic rings. The summed E-state index contributed by atoms with van der Waals surface area (Å²) in [6.07, 6.45) is 0.328. The maximum atomic E-state index is 12.5. The molecule has 2 atom stereocenters. The number of aromatic nitrogens is 1. The molecule has 1 amide bonds. The Labute approximate surface area is 179 Å². The number of aliphatic carboxylic acids is 1. The number of hydrogen-bond acceptors (Lipinski definition) is 6. The van der Waals surface area contributed by atoms with E-state index in [0.717, 1.165) is 22.8 Å². The third kappa shape index (κ3) is 5.49. The van der Waals surface area contributed by atoms with E-state index in [-0.39, 0.29) is 12.2 Å². The third-order valence-electron chi connectivity index (χ3n) is 5.16. The minimum atomic E-state index is -1.44. The molecule has 0 radical (unpaired) electrons. The Morgan fingerprint density at radius 2 is 1.74 bits per heavy atom. The molecule has 3 rings (SSSR count). The van der Waals surface area contributed by atoms with Gasteiger partial charge in [0.25, 0.3) is 11.8 Å². The number of nitrogens with zero attached hydrogens (tertiary/aromatic N) is 1. The first-order valence-corrected chi connectivity index (χ1v) is 9.76. The molecule has 0 aliphatic heterocycles. The van der Waals surface area contributed by atoms with Gasteiger partial charge in [-0.1, -0.05) is 54.6 Å². The van der Waals surface area contributed by atoms with Crippen molar-refractivity contribution in [2.45, 2.75) is 25.8 Å². The number of rotatable bonds is 9. The van der Waals surface area contributed by atoms with Crippen LogP contribution in [-0.4, -0.2) is 45.0 Å². The van der Waals surface area contributed by atoms with E-state index in [2.05, 4.69) is 10.5 Å². The second kappa shape index (κ2) is 9.44. The number of nitrogens with one attached hydrogen (secondary N) is 1. The number of hydrogen-bond donors (Lipinski definition) is 4. The van der Waals surface area contributed by atoms with Crippen LogP contribution in [0.5, 0.6) is 5.88 Å². The summed E-state index contributed by atoms with van der Waals surface area (Å²) in [6.45, 7) is 0.845. The molecule has 0 unspecified atom stereocenters. The molecule has 0 fully saturated rings. The summed E-state index contributed by atoms with van der Waals surface area (Å²) in [5.41, 5.74) is 1.55. The van der Waals surface area contributed by atoms with Gasteiger partial charge in [0.15, 0.2) is 0 Å². The average Bonchev–Trinajstić information content (AvgIpc) is 3.21. The fourth-order valence-corrected chi connectivity index (χ4v) is 3.32. The summed E-state index contributed by atoms with van der Waals surface area (Å²) in [5, 5.41) is 34.5. The minimum Gasteiger partial charge on any atom is -0.491 e. The molecule has 1 heterocycles. The quantitative estimate of drug-likeness (QED) is 0.415. The lowest BCUT2D eigenvalue weighted by molar-refractivity contribution is -0.151. The largest absolute Gasteiger partial charge is 0.491 e. The summed E-state index contributed by atoms with van der Waals surface area (Å²) in [7, 11) is 0. The molecule has 8 nitrogen and oxygen atoms in total. The van der Waals surface area contributed by atoms with Crippen LogP contribution in [0.15, 0.2) is 65.2 Å². The van der Waals surface area contributed by atoms with Crippen molar-refractivity contribution in [2.24, 2.45) is 5.41 Å². The van der Waals surface area contributed by atoms with Crippen LogP contribution >= 0.6 is 0 Å². The Morgan fingerprint density at radius 1 is 1.10 bits per heavy atom. The van der Waals surface area contributed by atoms with Crippen molar-refractivity contribution < 1.29 is 29.4 Å². The maximum absolute atomic E-state index is 12.5. The monoisotopic (exact) mass is 424 g/mol. The predicted octanol–water partition coefficient (Wildman–Crippen LogP) is 2.86. The lowest BCUT2D eigenvalue weighted by atomic mass is 9.82. The molecule has 1 aromatic heterocycles. The van der Waals surface area contributed by atoms with Crippen molar-refractivity contribution in [3.05, 3.63) is 72.0 Å². The van der Waals surface area contributed by atoms with E-state index in [1.807, 2.05) is 54.6 Å². The van der Waals surface area contributed by atoms with Crippen LogP contribution in [0, 0.1) is 5.41 Å². The molecule has 0 aliphatic carbocycles. The molecule has 162 valence electrons. The zero-order valence-electron chi connectivity index (χ0n) is 17.0. The predicted molar refractivity (Wildman–Crippen MR) is 112 cm³/mol. The van der Waals surface area contributed by atoms with Gasteiger partial charge in [-0.3, -0.25) is 9.59 Å². The van der Waals surface area contributed by atoms with E-state index in [1.165, 1.54) is 6.92 Å². The number of aromatic hydroxyl groups is 1. The van der Waals surface area contributed by atoms with E-state index in [9.17, 15) is 24.9 Å². The molecule has 0 saturated heterocycles. The highest BCUT2D eigenvalue weighted by atomic mass is 16.5. The normalized spacial score (nSPS) is 13.9. The van der Waals surface area contributed by atoms with Crippen molar-refractivity contribution >= 4 is 11.9 Å². The lowest BCUT2D eigenvalue weighted by Gasteiger charge is -2.28. The summed E-state index contributed by atoms with van der Waals surface area (Å²) < 4.78 is 4.77. The van der Waals surface area contributed by atoms with Crippen LogP contribution in [0.2, 0.25) is 0 Å². The summed E-state index contributed by atoms with van der Waals surface area (Å²) in [6, 6.07) is 18.1. The van der Waals surface area contributed by atoms with Crippen LogP contribution in [0.3, 0.4) is 0 Å². The Kier molecular flexibility index (Phi) is 6.71. The van der Waals surface area contributed by atoms with E-state index in [1.54, 1.807) is 0 Å². The molecule has 31 heavy (non-hydrogen) atoms. The number of carbonyl (C=O) groups is 2. The average molecular weight is 424 g/mol. The number of carboxylic acid groups (broad SMARTS) is 1. The van der Waals surface area contributed by atoms with Gasteiger partial charge in [0.2, 0.25) is 5.76 Å². The van der Waals surface area contributed by atoms with E-state index < -0.39 is 35.8 Å². The molecule has 0 bridgehead atoms. The molecule has 3 aromatic rings. The van der Waals surface area contributed by atoms with Gasteiger partial charge in [0.05, 0.1) is 18.1 Å². The van der Waals surface area contributed by atoms with Gasteiger partial charge in [0, 0.05) is 6.04 Å². The van der Waals surface area contributed by atoms with E-state index >= 15 is 0 Å². The zero-order chi connectivity index (χ0) is 22.4. The molecular weight excluding hydrogens is 400 g/mol. The first-order chi connectivity index (χ1) is 14.8. The van der Waals surface area contributed by atoms with Gasteiger partial charge in [-0.25, -0.2) is 0 Å². The van der Waals surface area contributed by atoms with Crippen LogP contribution in [0.1, 0.15) is 29.5 Å². The fraction of sp³-hybridized carbons (Fsp3) is 0.261. The Bertz CT molecular complexity index is 1030. The van der Waals surface area contributed by atoms with Crippen LogP contribution in [0.4, 0.5) is 0 Å². The molecule has 0 spiro atoms. The van der Waals surface area contributed by atoms with Crippen LogP contribution < -0.4 is 5.32 Å². The van der Waals surface area contributed by atoms with Crippen molar-refractivity contribution in [3.8, 4) is 17.0 Å². The number of carbonyl (C=O) groups excluding carboxylic acids is 1. The fourth-order valence-electron chi connectivity index (χ4n) is 3.32. The Hall–Kier alpha value is -3.65. The van der Waals surface area contributed by atoms with Gasteiger partial charge in [-0.2, -0.15) is 0 Å². The van der Waals surface area contributed by atoms with Crippen LogP contribution in [-0.2, 0) is 11.2 Å². The van der Waals surface area contributed by atoms with Crippen molar-refractivity contribution in [2.75, 3.05) is 6.61 Å². The highest BCUT2D eigenvalue weighted by molar-refractivity contribution is 5.91. The number of carboxylic acids is 1. The number of amides is 1. The van der Waals surface area contributed by atoms with Crippen molar-refractivity contribution in [1.29, 1.82) is 0 Å². The number of aliphatic hydroxyl groups is 1. The Balaban J connectivity index is 1.80. The molecule has 0 saturated carbocycles. The summed E-state index contributed by atoms with van der Waals surface area (Å²) in [5.74, 6) is -2.41. The van der Waals surface area contributed by atoms with E-state index in [0.29, 0.717) is 6.42 Å². The standard InChI is InChI=1S/C23H24N2O6/c1-23(14-26,22(29)30)13-18(24-21(28)19-12-20(27)25-31-19)11-15-7-9-17(10-8-15)16-5-3-2-4-6-16/h2-10,12,18,26H,11,13-14H2,1H3,(H,24,28)(H,25,27)(H,29,30)/t18-,23+/m1/s1. The lowest BCUT2D eigenvalue weighted by Crippen LogP contribution is -2.44. The molecule has 2 aromatic carbocycles. The molecule has 4 N–H and O–H groups in total. The smallest absolute Gasteiger partial charge is 0.311 e. The maximum Gasteiger partial charge on any atom is 0.311 e. The second-order valence-corrected chi connectivity index (χ2v) is 7.71. The van der Waals surface area contributed by atoms with Gasteiger partial charge in [0.1, 0.15) is 0 Å². The van der Waals surface area contributed by atoms with E-state index in [4.69, 9.17) is 4.52 Å². The highest BCUT2D eigenvalue weighted by Gasteiger charge is 2.36. The summed E-state index contributed by atoms with van der Waals surface area (Å²) in [4.78, 5) is 24.1. The zero-order valence-corrected chi connectivity index (χ0v) is 17.0. The van der Waals surface area contributed by atoms with Gasteiger partial charge in [-0.15, -0.1) is 0 Å². The highest BCUT2D eigenvalue weighted by Crippen LogP contribution is 2.26. The van der Waals surface area contributed by atoms with Crippen molar-refractivity contribution in [3.63, 3.8) is 0 Å². The van der Waals surface area contributed by atoms with Crippen LogP contribution in [0.25, 0.3) is 11.1 Å². The molecular formula is C23H24N2O6. The van der Waals surface area contributed by atoms with Gasteiger partial charge >= 0.3 is 5.97 Å². The number of benzene rings is 2. The third-order valence-corrected chi connectivity index (χ3v) is 5.16. The van der Waals surface area contributed by atoms with Crippen molar-refractivity contribution in [1.82, 2.24) is 10.5 Å². The molecule has 8 heteroatoms. The first kappa shape index (κ1) is 22.0. The summed E-state index contributed by atoms with van der Waals surface area (Å²) >= 11 is 0.